The molecule has 1 amide bonds. The van der Waals surface area contributed by atoms with Crippen LogP contribution in [0.1, 0.15) is 52.9 Å². The molecule has 0 N–H and O–H groups in total. The Bertz CT molecular complexity index is 861. The highest BCUT2D eigenvalue weighted by Crippen LogP contribution is 2.32. The van der Waals surface area contributed by atoms with Crippen LogP contribution in [0.3, 0.4) is 0 Å². The van der Waals surface area contributed by atoms with Crippen molar-refractivity contribution >= 4 is 5.91 Å². The summed E-state index contributed by atoms with van der Waals surface area (Å²) in [5.74, 6) is 1.45. The minimum atomic E-state index is -0.110. The Morgan fingerprint density at radius 3 is 2.81 bits per heavy atom. The smallest absolute Gasteiger partial charge is 0.256 e. The first kappa shape index (κ1) is 16.5. The third-order valence-electron chi connectivity index (χ3n) is 4.75. The summed E-state index contributed by atoms with van der Waals surface area (Å²) < 4.78 is 6.02. The second-order valence-corrected chi connectivity index (χ2v) is 6.58. The van der Waals surface area contributed by atoms with Crippen molar-refractivity contribution in [3.8, 4) is 0 Å². The van der Waals surface area contributed by atoms with Crippen LogP contribution in [0.5, 0.6) is 0 Å². The zero-order valence-corrected chi connectivity index (χ0v) is 14.5. The molecule has 26 heavy (non-hydrogen) atoms. The van der Waals surface area contributed by atoms with E-state index in [1.54, 1.807) is 30.7 Å². The highest BCUT2D eigenvalue weighted by atomic mass is 16.4. The molecule has 5 heteroatoms. The SMILES string of the molecule is O=C(c1cccnc1)N1CCCC[C@@H]1c1ncc(Cc2ccccc2)o1. The lowest BCUT2D eigenvalue weighted by molar-refractivity contribution is 0.0569. The number of nitrogens with zero attached hydrogens (tertiary/aromatic N) is 3. The number of carbonyl (C=O) groups is 1. The molecule has 0 aliphatic carbocycles. The molecule has 5 nitrogen and oxygen atoms in total. The summed E-state index contributed by atoms with van der Waals surface area (Å²) in [4.78, 5) is 23.3. The van der Waals surface area contributed by atoms with Crippen LogP contribution in [0.4, 0.5) is 0 Å². The number of likely N-dealkylation sites (tertiary alicyclic amines) is 1. The molecule has 0 radical (unpaired) electrons. The maximum Gasteiger partial charge on any atom is 0.256 e. The van der Waals surface area contributed by atoms with E-state index in [1.807, 2.05) is 23.1 Å². The van der Waals surface area contributed by atoms with Gasteiger partial charge in [0.25, 0.3) is 5.91 Å². The molecule has 132 valence electrons. The van der Waals surface area contributed by atoms with Crippen LogP contribution in [-0.2, 0) is 6.42 Å². The zero-order valence-electron chi connectivity index (χ0n) is 14.5. The molecular weight excluding hydrogens is 326 g/mol. The molecule has 1 aromatic carbocycles. The Morgan fingerprint density at radius 2 is 2.00 bits per heavy atom. The average Bonchev–Trinajstić information content (AvgIpc) is 3.17. The molecule has 1 aliphatic rings. The number of hydrogen-bond donors (Lipinski definition) is 0. The lowest BCUT2D eigenvalue weighted by Gasteiger charge is -2.33. The third-order valence-corrected chi connectivity index (χ3v) is 4.75. The molecule has 0 bridgehead atoms. The summed E-state index contributed by atoms with van der Waals surface area (Å²) in [5.41, 5.74) is 1.79. The van der Waals surface area contributed by atoms with Crippen molar-refractivity contribution < 1.29 is 9.21 Å². The van der Waals surface area contributed by atoms with E-state index in [0.717, 1.165) is 31.6 Å². The van der Waals surface area contributed by atoms with E-state index in [9.17, 15) is 4.79 Å². The van der Waals surface area contributed by atoms with Gasteiger partial charge in [-0.15, -0.1) is 0 Å². The Balaban J connectivity index is 1.54. The van der Waals surface area contributed by atoms with E-state index in [1.165, 1.54) is 5.56 Å². The van der Waals surface area contributed by atoms with E-state index < -0.39 is 0 Å². The van der Waals surface area contributed by atoms with E-state index in [0.29, 0.717) is 17.9 Å². The molecule has 0 unspecified atom stereocenters. The van der Waals surface area contributed by atoms with Gasteiger partial charge in [-0.05, 0) is 37.0 Å². The minimum Gasteiger partial charge on any atom is -0.443 e. The highest BCUT2D eigenvalue weighted by molar-refractivity contribution is 5.94. The number of benzene rings is 1. The molecule has 3 aromatic rings. The van der Waals surface area contributed by atoms with Crippen LogP contribution in [0, 0.1) is 0 Å². The first-order valence-corrected chi connectivity index (χ1v) is 9.01. The van der Waals surface area contributed by atoms with E-state index in [-0.39, 0.29) is 11.9 Å². The Morgan fingerprint density at radius 1 is 1.12 bits per heavy atom. The fraction of sp³-hybridized carbons (Fsp3) is 0.286. The van der Waals surface area contributed by atoms with Crippen LogP contribution in [0.2, 0.25) is 0 Å². The summed E-state index contributed by atoms with van der Waals surface area (Å²) in [6, 6.07) is 13.7. The molecule has 1 aliphatic heterocycles. The molecule has 1 fully saturated rings. The number of pyridine rings is 1. The van der Waals surface area contributed by atoms with Gasteiger partial charge < -0.3 is 9.32 Å². The zero-order chi connectivity index (χ0) is 17.8. The van der Waals surface area contributed by atoms with Gasteiger partial charge in [0, 0.05) is 25.4 Å². The van der Waals surface area contributed by atoms with Crippen LogP contribution < -0.4 is 0 Å². The molecule has 4 rings (SSSR count). The van der Waals surface area contributed by atoms with Crippen molar-refractivity contribution in [3.05, 3.63) is 83.8 Å². The topological polar surface area (TPSA) is 59.2 Å². The number of amides is 1. The third kappa shape index (κ3) is 3.52. The summed E-state index contributed by atoms with van der Waals surface area (Å²) in [7, 11) is 0. The van der Waals surface area contributed by atoms with Gasteiger partial charge in [0.15, 0.2) is 0 Å². The average molecular weight is 347 g/mol. The Labute approximate surface area is 152 Å². The van der Waals surface area contributed by atoms with Crippen LogP contribution >= 0.6 is 0 Å². The second kappa shape index (κ2) is 7.52. The molecule has 0 saturated carbocycles. The van der Waals surface area contributed by atoms with Gasteiger partial charge in [-0.3, -0.25) is 9.78 Å². The van der Waals surface area contributed by atoms with Crippen molar-refractivity contribution in [2.75, 3.05) is 6.54 Å². The van der Waals surface area contributed by atoms with E-state index in [2.05, 4.69) is 22.1 Å². The largest absolute Gasteiger partial charge is 0.443 e. The van der Waals surface area contributed by atoms with Gasteiger partial charge in [-0.1, -0.05) is 30.3 Å². The van der Waals surface area contributed by atoms with Crippen molar-refractivity contribution in [2.24, 2.45) is 0 Å². The van der Waals surface area contributed by atoms with Gasteiger partial charge in [0.2, 0.25) is 5.89 Å². The van der Waals surface area contributed by atoms with Crippen molar-refractivity contribution in [1.29, 1.82) is 0 Å². The van der Waals surface area contributed by atoms with E-state index in [4.69, 9.17) is 4.42 Å². The molecule has 1 saturated heterocycles. The van der Waals surface area contributed by atoms with Crippen LogP contribution in [0.25, 0.3) is 0 Å². The monoisotopic (exact) mass is 347 g/mol. The summed E-state index contributed by atoms with van der Waals surface area (Å²) in [6.45, 7) is 0.717. The van der Waals surface area contributed by atoms with Crippen LogP contribution in [-0.4, -0.2) is 27.3 Å². The number of rotatable bonds is 4. The summed E-state index contributed by atoms with van der Waals surface area (Å²) in [6.07, 6.45) is 8.72. The quantitative estimate of drug-likeness (QED) is 0.715. The second-order valence-electron chi connectivity index (χ2n) is 6.58. The van der Waals surface area contributed by atoms with Crippen molar-refractivity contribution in [3.63, 3.8) is 0 Å². The number of hydrogen-bond acceptors (Lipinski definition) is 4. The maximum atomic E-state index is 12.9. The fourth-order valence-electron chi connectivity index (χ4n) is 3.44. The van der Waals surface area contributed by atoms with Gasteiger partial charge in [-0.2, -0.15) is 0 Å². The lowest BCUT2D eigenvalue weighted by atomic mass is 10.0. The fourth-order valence-corrected chi connectivity index (χ4v) is 3.44. The number of carbonyl (C=O) groups excluding carboxylic acids is 1. The molecule has 1 atom stereocenters. The summed E-state index contributed by atoms with van der Waals surface area (Å²) >= 11 is 0. The van der Waals surface area contributed by atoms with Gasteiger partial charge >= 0.3 is 0 Å². The standard InChI is InChI=1S/C21H21N3O2/c25-21(17-9-6-11-22-14-17)24-12-5-4-10-19(24)20-23-15-18(26-20)13-16-7-2-1-3-8-16/h1-3,6-9,11,14-15,19H,4-5,10,12-13H2/t19-/m1/s1. The molecule has 3 heterocycles. The van der Waals surface area contributed by atoms with Crippen LogP contribution in [0.15, 0.2) is 65.5 Å². The summed E-state index contributed by atoms with van der Waals surface area (Å²) in [5, 5.41) is 0. The first-order valence-electron chi connectivity index (χ1n) is 9.01. The van der Waals surface area contributed by atoms with Gasteiger partial charge in [-0.25, -0.2) is 4.98 Å². The number of aromatic nitrogens is 2. The van der Waals surface area contributed by atoms with Crippen molar-refractivity contribution in [2.45, 2.75) is 31.7 Å². The molecular formula is C21H21N3O2. The predicted octanol–water partition coefficient (Wildman–Crippen LogP) is 4.03. The Kier molecular flexibility index (Phi) is 4.78. The van der Waals surface area contributed by atoms with Gasteiger partial charge in [0.05, 0.1) is 11.8 Å². The van der Waals surface area contributed by atoms with Crippen molar-refractivity contribution in [1.82, 2.24) is 14.9 Å². The number of piperidine rings is 1. The highest BCUT2D eigenvalue weighted by Gasteiger charge is 2.32. The minimum absolute atomic E-state index is 0.00870. The number of oxazole rings is 1. The first-order chi connectivity index (χ1) is 12.8. The maximum absolute atomic E-state index is 12.9. The molecule has 0 spiro atoms. The van der Waals surface area contributed by atoms with Gasteiger partial charge in [0.1, 0.15) is 11.8 Å². The van der Waals surface area contributed by atoms with E-state index >= 15 is 0 Å². The Hall–Kier alpha value is -2.95. The normalized spacial score (nSPS) is 17.2. The lowest BCUT2D eigenvalue weighted by Crippen LogP contribution is -2.38. The molecule has 2 aromatic heterocycles. The predicted molar refractivity (Wildman–Crippen MR) is 97.6 cm³/mol.